The Balaban J connectivity index is 3.26. The van der Waals surface area contributed by atoms with Crippen LogP contribution in [-0.4, -0.2) is 37.6 Å². The molecular weight excluding hydrogens is 184 g/mol. The van der Waals surface area contributed by atoms with Crippen molar-refractivity contribution >= 4 is 17.7 Å². The average Bonchev–Trinajstić information content (AvgIpc) is 2.16. The van der Waals surface area contributed by atoms with E-state index in [0.29, 0.717) is 0 Å². The fourth-order valence-electron chi connectivity index (χ4n) is 0.999. The normalized spacial score (nSPS) is 12.5. The summed E-state index contributed by atoms with van der Waals surface area (Å²) in [7, 11) is 1.66. The van der Waals surface area contributed by atoms with E-state index in [2.05, 4.69) is 16.9 Å². The molecule has 3 nitrogen and oxygen atoms in total. The van der Waals surface area contributed by atoms with Gasteiger partial charge in [0.05, 0.1) is 6.04 Å². The largest absolute Gasteiger partial charge is 0.358 e. The highest BCUT2D eigenvalue weighted by Crippen LogP contribution is 1.98. The van der Waals surface area contributed by atoms with Crippen molar-refractivity contribution in [2.24, 2.45) is 0 Å². The third-order valence-electron chi connectivity index (χ3n) is 1.87. The highest BCUT2D eigenvalue weighted by Gasteiger charge is 2.08. The predicted molar refractivity (Wildman–Crippen MR) is 59.1 cm³/mol. The summed E-state index contributed by atoms with van der Waals surface area (Å²) in [5.41, 5.74) is 0. The molecule has 1 unspecified atom stereocenters. The van der Waals surface area contributed by atoms with Crippen molar-refractivity contribution in [3.63, 3.8) is 0 Å². The lowest BCUT2D eigenvalue weighted by Gasteiger charge is -2.11. The van der Waals surface area contributed by atoms with Gasteiger partial charge in [0.25, 0.3) is 0 Å². The summed E-state index contributed by atoms with van der Waals surface area (Å²) >= 11 is 1.86. The maximum Gasteiger partial charge on any atom is 0.236 e. The van der Waals surface area contributed by atoms with E-state index in [-0.39, 0.29) is 11.9 Å². The second-order valence-electron chi connectivity index (χ2n) is 2.99. The number of carbonyl (C=O) groups is 1. The van der Waals surface area contributed by atoms with Crippen molar-refractivity contribution in [3.05, 3.63) is 0 Å². The standard InChI is InChI=1S/C9H20N2OS/c1-8(9(12)10-2)11-6-4-5-7-13-3/h8,11H,4-7H2,1-3H3,(H,10,12). The number of thioether (sulfide) groups is 1. The fourth-order valence-corrected chi connectivity index (χ4v) is 1.49. The van der Waals surface area contributed by atoms with Crippen LogP contribution in [0.3, 0.4) is 0 Å². The average molecular weight is 204 g/mol. The Kier molecular flexibility index (Phi) is 8.24. The first-order valence-electron chi connectivity index (χ1n) is 4.66. The molecule has 1 amide bonds. The lowest BCUT2D eigenvalue weighted by atomic mass is 10.3. The molecule has 0 aliphatic carbocycles. The number of rotatable bonds is 7. The van der Waals surface area contributed by atoms with Gasteiger partial charge in [0.2, 0.25) is 5.91 Å². The van der Waals surface area contributed by atoms with E-state index >= 15 is 0 Å². The minimum absolute atomic E-state index is 0.0601. The molecule has 78 valence electrons. The zero-order valence-electron chi connectivity index (χ0n) is 8.72. The van der Waals surface area contributed by atoms with Crippen molar-refractivity contribution in [2.75, 3.05) is 25.6 Å². The highest BCUT2D eigenvalue weighted by molar-refractivity contribution is 7.98. The molecule has 0 fully saturated rings. The van der Waals surface area contributed by atoms with Gasteiger partial charge >= 0.3 is 0 Å². The molecule has 2 N–H and O–H groups in total. The van der Waals surface area contributed by atoms with E-state index in [4.69, 9.17) is 0 Å². The summed E-state index contributed by atoms with van der Waals surface area (Å²) in [6, 6.07) is -0.0701. The highest BCUT2D eigenvalue weighted by atomic mass is 32.2. The first-order valence-corrected chi connectivity index (χ1v) is 6.05. The molecule has 1 atom stereocenters. The molecule has 0 radical (unpaired) electrons. The van der Waals surface area contributed by atoms with Crippen molar-refractivity contribution in [1.82, 2.24) is 10.6 Å². The van der Waals surface area contributed by atoms with Gasteiger partial charge in [0, 0.05) is 7.05 Å². The Morgan fingerprint density at radius 1 is 1.46 bits per heavy atom. The smallest absolute Gasteiger partial charge is 0.236 e. The van der Waals surface area contributed by atoms with E-state index in [9.17, 15) is 4.79 Å². The number of unbranched alkanes of at least 4 members (excludes halogenated alkanes) is 1. The minimum atomic E-state index is -0.0701. The van der Waals surface area contributed by atoms with E-state index in [0.717, 1.165) is 13.0 Å². The Morgan fingerprint density at radius 2 is 2.15 bits per heavy atom. The van der Waals surface area contributed by atoms with Gasteiger partial charge in [-0.25, -0.2) is 0 Å². The molecule has 4 heteroatoms. The minimum Gasteiger partial charge on any atom is -0.358 e. The van der Waals surface area contributed by atoms with Gasteiger partial charge < -0.3 is 10.6 Å². The van der Waals surface area contributed by atoms with Crippen LogP contribution >= 0.6 is 11.8 Å². The molecule has 0 aromatic rings. The number of amides is 1. The van der Waals surface area contributed by atoms with Crippen LogP contribution < -0.4 is 10.6 Å². The molecule has 0 bridgehead atoms. The summed E-state index contributed by atoms with van der Waals surface area (Å²) in [5.74, 6) is 1.26. The van der Waals surface area contributed by atoms with Gasteiger partial charge in [-0.05, 0) is 38.3 Å². The van der Waals surface area contributed by atoms with E-state index < -0.39 is 0 Å². The van der Waals surface area contributed by atoms with Gasteiger partial charge in [-0.1, -0.05) is 0 Å². The zero-order valence-corrected chi connectivity index (χ0v) is 9.54. The van der Waals surface area contributed by atoms with Crippen molar-refractivity contribution in [1.29, 1.82) is 0 Å². The summed E-state index contributed by atoms with van der Waals surface area (Å²) in [6.07, 6.45) is 4.47. The molecule has 0 rings (SSSR count). The zero-order chi connectivity index (χ0) is 10.1. The van der Waals surface area contributed by atoms with Crippen LogP contribution in [0.15, 0.2) is 0 Å². The molecule has 0 aliphatic heterocycles. The van der Waals surface area contributed by atoms with Crippen LogP contribution in [0.5, 0.6) is 0 Å². The Labute approximate surface area is 85.0 Å². The second kappa shape index (κ2) is 8.38. The summed E-state index contributed by atoms with van der Waals surface area (Å²) in [5, 5.41) is 5.78. The first-order chi connectivity index (χ1) is 6.22. The SMILES string of the molecule is CNC(=O)C(C)NCCCCSC. The fraction of sp³-hybridized carbons (Fsp3) is 0.889. The van der Waals surface area contributed by atoms with Crippen molar-refractivity contribution in [2.45, 2.75) is 25.8 Å². The molecule has 0 aromatic heterocycles. The third kappa shape index (κ3) is 6.90. The summed E-state index contributed by atoms with van der Waals surface area (Å²) in [6.45, 7) is 2.81. The maximum atomic E-state index is 11.1. The second-order valence-corrected chi connectivity index (χ2v) is 3.98. The molecule has 0 saturated carbocycles. The van der Waals surface area contributed by atoms with Crippen LogP contribution in [0.1, 0.15) is 19.8 Å². The van der Waals surface area contributed by atoms with Gasteiger partial charge in [-0.15, -0.1) is 0 Å². The van der Waals surface area contributed by atoms with Gasteiger partial charge in [0.1, 0.15) is 0 Å². The summed E-state index contributed by atoms with van der Waals surface area (Å²) < 4.78 is 0. The molecule has 0 spiro atoms. The van der Waals surface area contributed by atoms with E-state index in [1.54, 1.807) is 7.05 Å². The molecule has 0 aromatic carbocycles. The lowest BCUT2D eigenvalue weighted by molar-refractivity contribution is -0.122. The van der Waals surface area contributed by atoms with Crippen LogP contribution in [-0.2, 0) is 4.79 Å². The number of likely N-dealkylation sites (N-methyl/N-ethyl adjacent to an activating group) is 1. The number of hydrogen-bond donors (Lipinski definition) is 2. The quantitative estimate of drug-likeness (QED) is 0.604. The van der Waals surface area contributed by atoms with E-state index in [1.807, 2.05) is 18.7 Å². The Bertz CT molecular complexity index is 142. The van der Waals surface area contributed by atoms with Gasteiger partial charge in [-0.3, -0.25) is 4.79 Å². The molecule has 13 heavy (non-hydrogen) atoms. The molecule has 0 aliphatic rings. The van der Waals surface area contributed by atoms with Crippen LogP contribution in [0.25, 0.3) is 0 Å². The van der Waals surface area contributed by atoms with Crippen LogP contribution in [0.2, 0.25) is 0 Å². The summed E-state index contributed by atoms with van der Waals surface area (Å²) in [4.78, 5) is 11.1. The monoisotopic (exact) mass is 204 g/mol. The van der Waals surface area contributed by atoms with Crippen LogP contribution in [0, 0.1) is 0 Å². The lowest BCUT2D eigenvalue weighted by Crippen LogP contribution is -2.40. The Hall–Kier alpha value is -0.220. The van der Waals surface area contributed by atoms with Crippen LogP contribution in [0.4, 0.5) is 0 Å². The predicted octanol–water partition coefficient (Wildman–Crippen LogP) is 0.854. The Morgan fingerprint density at radius 3 is 2.69 bits per heavy atom. The molecular formula is C9H20N2OS. The first kappa shape index (κ1) is 12.8. The topological polar surface area (TPSA) is 41.1 Å². The molecule has 0 saturated heterocycles. The third-order valence-corrected chi connectivity index (χ3v) is 2.56. The number of carbonyl (C=O) groups excluding carboxylic acids is 1. The number of nitrogens with one attached hydrogen (secondary N) is 2. The van der Waals surface area contributed by atoms with Gasteiger partial charge in [0.15, 0.2) is 0 Å². The van der Waals surface area contributed by atoms with Gasteiger partial charge in [-0.2, -0.15) is 11.8 Å². The van der Waals surface area contributed by atoms with Crippen molar-refractivity contribution in [3.8, 4) is 0 Å². The maximum absolute atomic E-state index is 11.1. The van der Waals surface area contributed by atoms with Crippen molar-refractivity contribution < 1.29 is 4.79 Å². The number of hydrogen-bond acceptors (Lipinski definition) is 3. The molecule has 0 heterocycles. The van der Waals surface area contributed by atoms with E-state index in [1.165, 1.54) is 12.2 Å².